The molecule has 2 rings (SSSR count). The van der Waals surface area contributed by atoms with Crippen molar-refractivity contribution in [1.82, 2.24) is 15.1 Å². The van der Waals surface area contributed by atoms with Gasteiger partial charge in [-0.15, -0.1) is 0 Å². The van der Waals surface area contributed by atoms with E-state index in [0.717, 1.165) is 35.3 Å². The minimum absolute atomic E-state index is 0.682. The summed E-state index contributed by atoms with van der Waals surface area (Å²) >= 11 is 6.25. The van der Waals surface area contributed by atoms with Gasteiger partial charge in [-0.25, -0.2) is 0 Å². The lowest BCUT2D eigenvalue weighted by Crippen LogP contribution is -2.19. The number of nitrogens with one attached hydrogen (secondary N) is 1. The Morgan fingerprint density at radius 1 is 1.60 bits per heavy atom. The summed E-state index contributed by atoms with van der Waals surface area (Å²) in [5.74, 6) is 0.822. The third kappa shape index (κ3) is 2.18. The number of halogens is 1. The lowest BCUT2D eigenvalue weighted by molar-refractivity contribution is 0.603. The normalized spacial score (nSPS) is 24.5. The fraction of sp³-hybridized carbons (Fsp3) is 0.727. The average molecular weight is 228 g/mol. The predicted octanol–water partition coefficient (Wildman–Crippen LogP) is 2.13. The molecule has 1 N–H and O–H groups in total. The summed E-state index contributed by atoms with van der Waals surface area (Å²) in [4.78, 5) is 0. The van der Waals surface area contributed by atoms with E-state index in [1.165, 1.54) is 6.42 Å². The van der Waals surface area contributed by atoms with Crippen LogP contribution in [0.2, 0.25) is 5.02 Å². The van der Waals surface area contributed by atoms with Crippen molar-refractivity contribution in [3.8, 4) is 0 Å². The Labute approximate surface area is 95.8 Å². The van der Waals surface area contributed by atoms with Crippen LogP contribution in [0.5, 0.6) is 0 Å². The molecular weight excluding hydrogens is 210 g/mol. The Morgan fingerprint density at radius 2 is 2.27 bits per heavy atom. The van der Waals surface area contributed by atoms with E-state index in [1.807, 2.05) is 11.7 Å². The lowest BCUT2D eigenvalue weighted by atomic mass is 10.3. The SMILES string of the molecule is CCc1nn(C)c(CNC2CC2C)c1Cl. The number of aryl methyl sites for hydroxylation is 2. The molecule has 1 aliphatic carbocycles. The van der Waals surface area contributed by atoms with Crippen molar-refractivity contribution in [2.75, 3.05) is 0 Å². The van der Waals surface area contributed by atoms with Gasteiger partial charge >= 0.3 is 0 Å². The highest BCUT2D eigenvalue weighted by Crippen LogP contribution is 2.30. The molecule has 1 fully saturated rings. The van der Waals surface area contributed by atoms with Gasteiger partial charge in [-0.1, -0.05) is 25.4 Å². The van der Waals surface area contributed by atoms with Crippen molar-refractivity contribution >= 4 is 11.6 Å². The molecule has 1 aliphatic rings. The van der Waals surface area contributed by atoms with Gasteiger partial charge in [0.05, 0.1) is 16.4 Å². The quantitative estimate of drug-likeness (QED) is 0.854. The van der Waals surface area contributed by atoms with Crippen LogP contribution in [-0.2, 0) is 20.0 Å². The topological polar surface area (TPSA) is 29.9 Å². The highest BCUT2D eigenvalue weighted by atomic mass is 35.5. The minimum atomic E-state index is 0.682. The highest BCUT2D eigenvalue weighted by molar-refractivity contribution is 6.31. The second kappa shape index (κ2) is 4.14. The van der Waals surface area contributed by atoms with Crippen LogP contribution < -0.4 is 5.32 Å². The number of hydrogen-bond acceptors (Lipinski definition) is 2. The highest BCUT2D eigenvalue weighted by Gasteiger charge is 2.32. The molecule has 15 heavy (non-hydrogen) atoms. The number of hydrogen-bond donors (Lipinski definition) is 1. The van der Waals surface area contributed by atoms with Crippen LogP contribution in [0.15, 0.2) is 0 Å². The number of aromatic nitrogens is 2. The second-order valence-electron chi connectivity index (χ2n) is 4.38. The van der Waals surface area contributed by atoms with E-state index < -0.39 is 0 Å². The van der Waals surface area contributed by atoms with Gasteiger partial charge < -0.3 is 5.32 Å². The summed E-state index contributed by atoms with van der Waals surface area (Å²) in [5, 5.41) is 8.72. The van der Waals surface area contributed by atoms with Crippen molar-refractivity contribution in [2.45, 2.75) is 39.3 Å². The molecule has 1 aromatic rings. The summed E-state index contributed by atoms with van der Waals surface area (Å²) in [6, 6.07) is 0.682. The van der Waals surface area contributed by atoms with Crippen LogP contribution in [0.3, 0.4) is 0 Å². The first-order chi connectivity index (χ1) is 7.13. The molecule has 0 saturated heterocycles. The molecule has 0 bridgehead atoms. The maximum Gasteiger partial charge on any atom is 0.0863 e. The Hall–Kier alpha value is -0.540. The van der Waals surface area contributed by atoms with E-state index in [2.05, 4.69) is 24.3 Å². The molecule has 2 unspecified atom stereocenters. The van der Waals surface area contributed by atoms with Gasteiger partial charge in [-0.05, 0) is 18.8 Å². The van der Waals surface area contributed by atoms with E-state index in [0.29, 0.717) is 6.04 Å². The molecule has 3 nitrogen and oxygen atoms in total. The van der Waals surface area contributed by atoms with Crippen LogP contribution >= 0.6 is 11.6 Å². The van der Waals surface area contributed by atoms with Crippen molar-refractivity contribution in [1.29, 1.82) is 0 Å². The smallest absolute Gasteiger partial charge is 0.0863 e. The van der Waals surface area contributed by atoms with Crippen molar-refractivity contribution < 1.29 is 0 Å². The van der Waals surface area contributed by atoms with Crippen molar-refractivity contribution in [3.63, 3.8) is 0 Å². The summed E-state index contributed by atoms with van der Waals surface area (Å²) in [5.41, 5.74) is 2.10. The molecule has 1 heterocycles. The third-order valence-electron chi connectivity index (χ3n) is 3.14. The van der Waals surface area contributed by atoms with E-state index >= 15 is 0 Å². The maximum atomic E-state index is 6.25. The van der Waals surface area contributed by atoms with Gasteiger partial charge in [-0.3, -0.25) is 4.68 Å². The molecule has 0 amide bonds. The zero-order valence-corrected chi connectivity index (χ0v) is 10.3. The molecule has 1 aromatic heterocycles. The maximum absolute atomic E-state index is 6.25. The fourth-order valence-corrected chi connectivity index (χ4v) is 2.21. The summed E-state index contributed by atoms with van der Waals surface area (Å²) in [7, 11) is 1.96. The monoisotopic (exact) mass is 227 g/mol. The van der Waals surface area contributed by atoms with E-state index in [9.17, 15) is 0 Å². The summed E-state index contributed by atoms with van der Waals surface area (Å²) < 4.78 is 1.89. The van der Waals surface area contributed by atoms with Gasteiger partial charge in [0.1, 0.15) is 0 Å². The minimum Gasteiger partial charge on any atom is -0.308 e. The van der Waals surface area contributed by atoms with Crippen molar-refractivity contribution in [2.24, 2.45) is 13.0 Å². The van der Waals surface area contributed by atoms with Crippen LogP contribution in [-0.4, -0.2) is 15.8 Å². The molecule has 84 valence electrons. The zero-order valence-electron chi connectivity index (χ0n) is 9.55. The molecule has 0 radical (unpaired) electrons. The molecule has 4 heteroatoms. The van der Waals surface area contributed by atoms with Gasteiger partial charge in [0.25, 0.3) is 0 Å². The number of nitrogens with zero attached hydrogens (tertiary/aromatic N) is 2. The van der Waals surface area contributed by atoms with E-state index in [4.69, 9.17) is 11.6 Å². The van der Waals surface area contributed by atoms with Crippen LogP contribution in [0.25, 0.3) is 0 Å². The van der Waals surface area contributed by atoms with E-state index in [1.54, 1.807) is 0 Å². The standard InChI is InChI=1S/C11H18ClN3/c1-4-8-11(12)10(15(3)14-8)6-13-9-5-7(9)2/h7,9,13H,4-6H2,1-3H3. The molecule has 2 atom stereocenters. The van der Waals surface area contributed by atoms with Gasteiger partial charge in [-0.2, -0.15) is 5.10 Å². The average Bonchev–Trinajstić information content (AvgIpc) is 2.83. The first-order valence-electron chi connectivity index (χ1n) is 5.57. The number of rotatable bonds is 4. The first kappa shape index (κ1) is 11.0. The Morgan fingerprint density at radius 3 is 2.73 bits per heavy atom. The Bertz CT molecular complexity index is 359. The Kier molecular flexibility index (Phi) is 3.03. The Balaban J connectivity index is 2.03. The molecule has 0 aromatic carbocycles. The zero-order chi connectivity index (χ0) is 11.0. The van der Waals surface area contributed by atoms with E-state index in [-0.39, 0.29) is 0 Å². The van der Waals surface area contributed by atoms with Gasteiger partial charge in [0, 0.05) is 19.6 Å². The van der Waals surface area contributed by atoms with Gasteiger partial charge in [0.2, 0.25) is 0 Å². The molecule has 0 aliphatic heterocycles. The van der Waals surface area contributed by atoms with Crippen LogP contribution in [0.1, 0.15) is 31.7 Å². The van der Waals surface area contributed by atoms with Crippen LogP contribution in [0, 0.1) is 5.92 Å². The van der Waals surface area contributed by atoms with Gasteiger partial charge in [0.15, 0.2) is 0 Å². The molecular formula is C11H18ClN3. The first-order valence-corrected chi connectivity index (χ1v) is 5.94. The van der Waals surface area contributed by atoms with Crippen LogP contribution in [0.4, 0.5) is 0 Å². The predicted molar refractivity (Wildman–Crippen MR) is 62.0 cm³/mol. The largest absolute Gasteiger partial charge is 0.308 e. The molecule has 1 saturated carbocycles. The fourth-order valence-electron chi connectivity index (χ4n) is 1.85. The summed E-state index contributed by atoms with van der Waals surface area (Å²) in [6.07, 6.45) is 2.18. The molecule has 0 spiro atoms. The second-order valence-corrected chi connectivity index (χ2v) is 4.76. The summed E-state index contributed by atoms with van der Waals surface area (Å²) in [6.45, 7) is 5.17. The third-order valence-corrected chi connectivity index (χ3v) is 3.58. The lowest BCUT2D eigenvalue weighted by Gasteiger charge is -2.04. The van der Waals surface area contributed by atoms with Crippen molar-refractivity contribution in [3.05, 3.63) is 16.4 Å².